The van der Waals surface area contributed by atoms with E-state index in [-0.39, 0.29) is 18.1 Å². The quantitative estimate of drug-likeness (QED) is 0.634. The van der Waals surface area contributed by atoms with Crippen molar-refractivity contribution in [2.75, 3.05) is 6.54 Å². The molecule has 2 heterocycles. The number of hydrazone groups is 1. The number of para-hydroxylation sites is 1. The van der Waals surface area contributed by atoms with E-state index in [1.807, 2.05) is 37.3 Å². The zero-order chi connectivity index (χ0) is 14.7. The Balaban J connectivity index is 1.65. The number of benzene rings is 1. The molecule has 5 heteroatoms. The monoisotopic (exact) mass is 286 g/mol. The molecule has 0 unspecified atom stereocenters. The number of nitrogens with two attached hydrogens (primary N) is 1. The molecular formula is C16H20N3O2+. The lowest BCUT2D eigenvalue weighted by molar-refractivity contribution is -0.657. The Bertz CT molecular complexity index is 589. The summed E-state index contributed by atoms with van der Waals surface area (Å²) in [7, 11) is 0. The van der Waals surface area contributed by atoms with Gasteiger partial charge >= 0.3 is 0 Å². The molecule has 21 heavy (non-hydrogen) atoms. The van der Waals surface area contributed by atoms with Gasteiger partial charge in [0.15, 0.2) is 6.04 Å². The van der Waals surface area contributed by atoms with Gasteiger partial charge in [-0.1, -0.05) is 18.2 Å². The predicted octanol–water partition coefficient (Wildman–Crippen LogP) is 0.679. The largest absolute Gasteiger partial charge is 0.485 e. The topological polar surface area (TPSA) is 67.3 Å². The van der Waals surface area contributed by atoms with E-state index in [0.29, 0.717) is 0 Å². The van der Waals surface area contributed by atoms with Crippen LogP contribution < -0.4 is 15.5 Å². The molecule has 2 aliphatic rings. The lowest BCUT2D eigenvalue weighted by Crippen LogP contribution is -2.89. The van der Waals surface area contributed by atoms with Gasteiger partial charge < -0.3 is 10.1 Å². The molecule has 1 saturated heterocycles. The van der Waals surface area contributed by atoms with Crippen molar-refractivity contribution in [1.82, 2.24) is 5.43 Å². The first kappa shape index (κ1) is 13.8. The van der Waals surface area contributed by atoms with Crippen molar-refractivity contribution in [3.63, 3.8) is 0 Å². The number of hydrogen-bond donors (Lipinski definition) is 2. The molecule has 3 N–H and O–H groups in total. The minimum atomic E-state index is -0.0707. The van der Waals surface area contributed by atoms with Crippen molar-refractivity contribution < 1.29 is 14.8 Å². The van der Waals surface area contributed by atoms with Crippen LogP contribution in [0.25, 0.3) is 6.08 Å². The Kier molecular flexibility index (Phi) is 4.01. The van der Waals surface area contributed by atoms with Gasteiger partial charge in [-0.3, -0.25) is 4.79 Å². The smallest absolute Gasteiger partial charge is 0.298 e. The molecule has 2 atom stereocenters. The molecule has 0 saturated carbocycles. The summed E-state index contributed by atoms with van der Waals surface area (Å²) < 4.78 is 5.82. The third-order valence-electron chi connectivity index (χ3n) is 3.91. The number of carbonyl (C=O) groups excluding carboxylic acids is 1. The van der Waals surface area contributed by atoms with E-state index < -0.39 is 0 Å². The SMILES string of the molecule is C[C@H]1Oc2ccccc2C=C1/C=N\NC(=O)[C@@H]1CCC[NH2+]1. The summed E-state index contributed by atoms with van der Waals surface area (Å²) in [5.41, 5.74) is 4.60. The van der Waals surface area contributed by atoms with Gasteiger partial charge in [-0.25, -0.2) is 5.43 Å². The lowest BCUT2D eigenvalue weighted by Gasteiger charge is -2.22. The van der Waals surface area contributed by atoms with Crippen LogP contribution in [0.1, 0.15) is 25.3 Å². The van der Waals surface area contributed by atoms with Gasteiger partial charge in [0, 0.05) is 24.0 Å². The van der Waals surface area contributed by atoms with Crippen molar-refractivity contribution in [3.8, 4) is 5.75 Å². The van der Waals surface area contributed by atoms with Gasteiger partial charge in [-0.2, -0.15) is 5.10 Å². The Morgan fingerprint density at radius 2 is 2.33 bits per heavy atom. The van der Waals surface area contributed by atoms with Crippen LogP contribution in [0.5, 0.6) is 5.75 Å². The summed E-state index contributed by atoms with van der Waals surface area (Å²) in [6, 6.07) is 7.89. The highest BCUT2D eigenvalue weighted by molar-refractivity contribution is 5.90. The molecule has 5 nitrogen and oxygen atoms in total. The first-order valence-corrected chi connectivity index (χ1v) is 7.37. The van der Waals surface area contributed by atoms with Crippen LogP contribution in [0, 0.1) is 0 Å². The van der Waals surface area contributed by atoms with Crippen molar-refractivity contribution in [2.24, 2.45) is 5.10 Å². The number of ether oxygens (including phenoxy) is 1. The van der Waals surface area contributed by atoms with Gasteiger partial charge in [0.05, 0.1) is 12.8 Å². The van der Waals surface area contributed by atoms with Crippen LogP contribution >= 0.6 is 0 Å². The van der Waals surface area contributed by atoms with Gasteiger partial charge in [0.1, 0.15) is 11.9 Å². The Morgan fingerprint density at radius 3 is 3.14 bits per heavy atom. The van der Waals surface area contributed by atoms with Crippen molar-refractivity contribution in [1.29, 1.82) is 0 Å². The summed E-state index contributed by atoms with van der Waals surface area (Å²) >= 11 is 0. The van der Waals surface area contributed by atoms with Gasteiger partial charge in [-0.15, -0.1) is 0 Å². The van der Waals surface area contributed by atoms with E-state index in [1.165, 1.54) is 0 Å². The second-order valence-electron chi connectivity index (χ2n) is 5.45. The van der Waals surface area contributed by atoms with E-state index in [9.17, 15) is 4.79 Å². The molecule has 0 aliphatic carbocycles. The number of hydrogen-bond acceptors (Lipinski definition) is 3. The zero-order valence-corrected chi connectivity index (χ0v) is 12.1. The minimum Gasteiger partial charge on any atom is -0.485 e. The summed E-state index contributed by atoms with van der Waals surface area (Å²) in [5.74, 6) is 0.862. The number of nitrogens with zero attached hydrogens (tertiary/aromatic N) is 1. The molecule has 0 bridgehead atoms. The fraction of sp³-hybridized carbons (Fsp3) is 0.375. The minimum absolute atomic E-state index is 0.0110. The van der Waals surface area contributed by atoms with Crippen molar-refractivity contribution >= 4 is 18.2 Å². The third-order valence-corrected chi connectivity index (χ3v) is 3.91. The maximum atomic E-state index is 11.9. The van der Waals surface area contributed by atoms with Crippen LogP contribution in [0.2, 0.25) is 0 Å². The summed E-state index contributed by atoms with van der Waals surface area (Å²) in [6.45, 7) is 3.00. The fourth-order valence-electron chi connectivity index (χ4n) is 2.67. The van der Waals surface area contributed by atoms with Crippen molar-refractivity contribution in [3.05, 3.63) is 35.4 Å². The molecular weight excluding hydrogens is 266 g/mol. The molecule has 0 spiro atoms. The normalized spacial score (nSPS) is 24.3. The molecule has 1 amide bonds. The number of carbonyl (C=O) groups is 1. The van der Waals surface area contributed by atoms with E-state index in [2.05, 4.69) is 15.8 Å². The maximum absolute atomic E-state index is 11.9. The van der Waals surface area contributed by atoms with E-state index in [0.717, 1.165) is 36.3 Å². The summed E-state index contributed by atoms with van der Waals surface area (Å²) in [4.78, 5) is 11.9. The van der Waals surface area contributed by atoms with Crippen LogP contribution in [0.3, 0.4) is 0 Å². The first-order chi connectivity index (χ1) is 10.2. The van der Waals surface area contributed by atoms with Gasteiger partial charge in [0.2, 0.25) is 0 Å². The average molecular weight is 286 g/mol. The highest BCUT2D eigenvalue weighted by atomic mass is 16.5. The number of rotatable bonds is 3. The van der Waals surface area contributed by atoms with Crippen LogP contribution in [-0.2, 0) is 4.79 Å². The predicted molar refractivity (Wildman–Crippen MR) is 81.0 cm³/mol. The molecule has 1 fully saturated rings. The molecule has 0 aromatic heterocycles. The first-order valence-electron chi connectivity index (χ1n) is 7.37. The third kappa shape index (κ3) is 3.13. The number of quaternary nitrogens is 1. The van der Waals surface area contributed by atoms with Gasteiger partial charge in [-0.05, 0) is 19.1 Å². The fourth-order valence-corrected chi connectivity index (χ4v) is 2.67. The maximum Gasteiger partial charge on any atom is 0.298 e. The second-order valence-corrected chi connectivity index (χ2v) is 5.45. The van der Waals surface area contributed by atoms with Crippen molar-refractivity contribution in [2.45, 2.75) is 31.9 Å². The van der Waals surface area contributed by atoms with Crippen LogP contribution in [0.4, 0.5) is 0 Å². The number of nitrogens with one attached hydrogen (secondary N) is 1. The Morgan fingerprint density at radius 1 is 1.48 bits per heavy atom. The van der Waals surface area contributed by atoms with E-state index in [1.54, 1.807) is 6.21 Å². The standard InChI is InChI=1S/C16H19N3O2/c1-11-13(9-12-5-2-3-7-15(12)21-11)10-18-19-16(20)14-6-4-8-17-14/h2-3,5,7,9-11,14,17H,4,6,8H2,1H3,(H,19,20)/p+1/b18-10-/t11-,14+/m1/s1. The Labute approximate surface area is 124 Å². The second kappa shape index (κ2) is 6.10. The van der Waals surface area contributed by atoms with E-state index in [4.69, 9.17) is 4.74 Å². The molecule has 110 valence electrons. The van der Waals surface area contributed by atoms with Crippen LogP contribution in [0.15, 0.2) is 34.9 Å². The molecule has 2 aliphatic heterocycles. The summed E-state index contributed by atoms with van der Waals surface area (Å²) in [6.07, 6.45) is 5.67. The molecule has 0 radical (unpaired) electrons. The summed E-state index contributed by atoms with van der Waals surface area (Å²) in [5, 5.41) is 6.13. The molecule has 3 rings (SSSR count). The lowest BCUT2D eigenvalue weighted by atomic mass is 10.0. The van der Waals surface area contributed by atoms with E-state index >= 15 is 0 Å². The number of amides is 1. The average Bonchev–Trinajstić information content (AvgIpc) is 3.02. The number of fused-ring (bicyclic) bond motifs is 1. The molecule has 1 aromatic rings. The van der Waals surface area contributed by atoms with Gasteiger partial charge in [0.25, 0.3) is 5.91 Å². The molecule has 1 aromatic carbocycles. The highest BCUT2D eigenvalue weighted by Gasteiger charge is 2.25. The Hall–Kier alpha value is -2.14. The highest BCUT2D eigenvalue weighted by Crippen LogP contribution is 2.28. The van der Waals surface area contributed by atoms with Crippen LogP contribution in [-0.4, -0.2) is 30.8 Å². The zero-order valence-electron chi connectivity index (χ0n) is 12.1.